The number of aromatic nitrogens is 4. The van der Waals surface area contributed by atoms with Crippen LogP contribution in [0.25, 0.3) is 32.0 Å². The molecule has 2 N–H and O–H groups in total. The fourth-order valence-corrected chi connectivity index (χ4v) is 5.50. The number of nitrogens with one attached hydrogen (secondary N) is 2. The highest BCUT2D eigenvalue weighted by Gasteiger charge is 2.43. The number of hydrogen-bond acceptors (Lipinski definition) is 8. The van der Waals surface area contributed by atoms with E-state index in [-0.39, 0.29) is 29.1 Å². The molecule has 0 aromatic carbocycles. The number of pyridine rings is 1. The van der Waals surface area contributed by atoms with Crippen LogP contribution >= 0.6 is 11.3 Å². The number of nitriles is 1. The van der Waals surface area contributed by atoms with Gasteiger partial charge < -0.3 is 19.9 Å². The lowest BCUT2D eigenvalue weighted by atomic mass is 9.99. The summed E-state index contributed by atoms with van der Waals surface area (Å²) in [7, 11) is 0. The third-order valence-corrected chi connectivity index (χ3v) is 7.83. The zero-order chi connectivity index (χ0) is 27.3. The van der Waals surface area contributed by atoms with Gasteiger partial charge in [-0.1, -0.05) is 0 Å². The van der Waals surface area contributed by atoms with Crippen LogP contribution in [-0.4, -0.2) is 68.6 Å². The molecule has 1 saturated carbocycles. The van der Waals surface area contributed by atoms with Gasteiger partial charge in [0.1, 0.15) is 17.3 Å². The van der Waals surface area contributed by atoms with Crippen LogP contribution < -0.4 is 10.1 Å². The summed E-state index contributed by atoms with van der Waals surface area (Å²) in [4.78, 5) is 44.5. The largest absolute Gasteiger partial charge is 0.483 e. The van der Waals surface area contributed by atoms with Crippen molar-refractivity contribution in [1.29, 1.82) is 5.26 Å². The van der Waals surface area contributed by atoms with Gasteiger partial charge in [-0.05, 0) is 30.9 Å². The van der Waals surface area contributed by atoms with Crippen LogP contribution in [0.5, 0.6) is 5.75 Å². The molecule has 6 rings (SSSR count). The smallest absolute Gasteiger partial charge is 0.422 e. The van der Waals surface area contributed by atoms with Crippen LogP contribution in [0.3, 0.4) is 0 Å². The normalized spacial score (nSPS) is 16.6. The second-order valence-electron chi connectivity index (χ2n) is 9.55. The summed E-state index contributed by atoms with van der Waals surface area (Å²) in [5.74, 6) is -0.734. The van der Waals surface area contributed by atoms with Crippen LogP contribution in [0.1, 0.15) is 23.2 Å². The first kappa shape index (κ1) is 25.1. The second-order valence-corrected chi connectivity index (χ2v) is 10.6. The molecular formula is C25H20F3N7O3S. The highest BCUT2D eigenvalue weighted by atomic mass is 32.1. The van der Waals surface area contributed by atoms with Crippen molar-refractivity contribution in [2.45, 2.75) is 25.1 Å². The lowest BCUT2D eigenvalue weighted by Crippen LogP contribution is -2.57. The van der Waals surface area contributed by atoms with Gasteiger partial charge in [-0.15, -0.1) is 11.3 Å². The number of H-pyrrole nitrogens is 1. The zero-order valence-electron chi connectivity index (χ0n) is 20.2. The Hall–Kier alpha value is -4.25. The Morgan fingerprint density at radius 2 is 2.10 bits per heavy atom. The maximum Gasteiger partial charge on any atom is 0.422 e. The van der Waals surface area contributed by atoms with Crippen LogP contribution in [0.15, 0.2) is 30.7 Å². The Morgan fingerprint density at radius 1 is 1.31 bits per heavy atom. The standard InChI is InChI=1S/C25H20F3N7O3S/c26-25(27,28)11-38-17-3-4-30-15-5-18(39-21(15)17)16-8-32-22-20(33-16)14(7-31-22)23(36)34-19(13-1-2-13)24(37)35-9-12(6-29)10-35/h3-5,7-8,12-13,19H,1-2,9-11H2,(H,31,32)(H,34,36)/t19-/m1/s1. The number of likely N-dealkylation sites (tertiary alicyclic amines) is 1. The minimum atomic E-state index is -4.48. The molecule has 5 heterocycles. The van der Waals surface area contributed by atoms with Gasteiger partial charge in [0.2, 0.25) is 5.91 Å². The van der Waals surface area contributed by atoms with Crippen molar-refractivity contribution < 1.29 is 27.5 Å². The number of carbonyl (C=O) groups is 2. The van der Waals surface area contributed by atoms with E-state index < -0.39 is 24.7 Å². The first-order chi connectivity index (χ1) is 18.7. The number of carbonyl (C=O) groups excluding carboxylic acids is 2. The SMILES string of the molecule is N#CC1CN(C(=O)[C@H](NC(=O)c2c[nH]c3ncc(-c4cc5nccc(OCC(F)(F)F)c5s4)nc23)C2CC2)C1. The van der Waals surface area contributed by atoms with E-state index in [4.69, 9.17) is 10.00 Å². The van der Waals surface area contributed by atoms with E-state index in [2.05, 4.69) is 31.3 Å². The Morgan fingerprint density at radius 3 is 2.82 bits per heavy atom. The molecule has 1 atom stereocenters. The molecule has 0 bridgehead atoms. The summed E-state index contributed by atoms with van der Waals surface area (Å²) in [5.41, 5.74) is 1.72. The number of rotatable bonds is 7. The zero-order valence-corrected chi connectivity index (χ0v) is 21.0. The molecule has 1 saturated heterocycles. The molecular weight excluding hydrogens is 535 g/mol. The molecule has 2 aliphatic rings. The molecule has 2 amide bonds. The average molecular weight is 556 g/mol. The first-order valence-corrected chi connectivity index (χ1v) is 12.9. The van der Waals surface area contributed by atoms with Crippen molar-refractivity contribution in [2.75, 3.05) is 19.7 Å². The van der Waals surface area contributed by atoms with E-state index in [1.54, 1.807) is 11.0 Å². The number of hydrogen-bond donors (Lipinski definition) is 2. The van der Waals surface area contributed by atoms with Crippen molar-refractivity contribution >= 4 is 44.5 Å². The van der Waals surface area contributed by atoms with Crippen molar-refractivity contribution in [1.82, 2.24) is 30.2 Å². The van der Waals surface area contributed by atoms with Crippen molar-refractivity contribution in [3.63, 3.8) is 0 Å². The second kappa shape index (κ2) is 9.49. The number of nitrogens with zero attached hydrogens (tertiary/aromatic N) is 5. The van der Waals surface area contributed by atoms with Gasteiger partial charge >= 0.3 is 6.18 Å². The number of thiophene rings is 1. The van der Waals surface area contributed by atoms with E-state index in [0.717, 1.165) is 24.2 Å². The molecule has 10 nitrogen and oxygen atoms in total. The van der Waals surface area contributed by atoms with Crippen molar-refractivity contribution in [3.05, 3.63) is 36.3 Å². The highest BCUT2D eigenvalue weighted by molar-refractivity contribution is 7.22. The summed E-state index contributed by atoms with van der Waals surface area (Å²) < 4.78 is 43.4. The number of fused-ring (bicyclic) bond motifs is 2. The van der Waals surface area contributed by atoms with Gasteiger partial charge in [0.25, 0.3) is 5.91 Å². The van der Waals surface area contributed by atoms with E-state index in [1.807, 2.05) is 0 Å². The van der Waals surface area contributed by atoms with Gasteiger partial charge in [-0.3, -0.25) is 14.6 Å². The molecule has 2 fully saturated rings. The van der Waals surface area contributed by atoms with E-state index in [9.17, 15) is 22.8 Å². The van der Waals surface area contributed by atoms with Gasteiger partial charge in [0.05, 0.1) is 44.5 Å². The molecule has 0 radical (unpaired) electrons. The highest BCUT2D eigenvalue weighted by Crippen LogP contribution is 2.38. The van der Waals surface area contributed by atoms with Crippen molar-refractivity contribution in [3.8, 4) is 22.4 Å². The summed E-state index contributed by atoms with van der Waals surface area (Å²) >= 11 is 1.15. The number of aromatic amines is 1. The maximum atomic E-state index is 13.3. The van der Waals surface area contributed by atoms with Crippen LogP contribution in [0.4, 0.5) is 13.2 Å². The number of amides is 2. The number of alkyl halides is 3. The van der Waals surface area contributed by atoms with Gasteiger partial charge in [-0.25, -0.2) is 9.97 Å². The molecule has 1 aliphatic carbocycles. The predicted molar refractivity (Wildman–Crippen MR) is 134 cm³/mol. The quantitative estimate of drug-likeness (QED) is 0.355. The topological polar surface area (TPSA) is 137 Å². The Balaban J connectivity index is 1.26. The van der Waals surface area contributed by atoms with E-state index in [0.29, 0.717) is 45.0 Å². The predicted octanol–water partition coefficient (Wildman–Crippen LogP) is 3.67. The summed E-state index contributed by atoms with van der Waals surface area (Å²) in [6.45, 7) is -0.694. The van der Waals surface area contributed by atoms with E-state index >= 15 is 0 Å². The summed E-state index contributed by atoms with van der Waals surface area (Å²) in [6.07, 6.45) is 1.52. The fraction of sp³-hybridized carbons (Fsp3) is 0.360. The fourth-order valence-electron chi connectivity index (χ4n) is 4.46. The molecule has 14 heteroatoms. The third kappa shape index (κ3) is 4.97. The lowest BCUT2D eigenvalue weighted by Gasteiger charge is -2.37. The van der Waals surface area contributed by atoms with Gasteiger partial charge in [0.15, 0.2) is 12.3 Å². The molecule has 4 aromatic rings. The Bertz CT molecular complexity index is 1630. The van der Waals surface area contributed by atoms with E-state index in [1.165, 1.54) is 24.7 Å². The monoisotopic (exact) mass is 555 g/mol. The number of halogens is 3. The molecule has 0 spiro atoms. The summed E-state index contributed by atoms with van der Waals surface area (Å²) in [6, 6.07) is 4.51. The van der Waals surface area contributed by atoms with Crippen LogP contribution in [0, 0.1) is 23.2 Å². The third-order valence-electron chi connectivity index (χ3n) is 6.67. The molecule has 39 heavy (non-hydrogen) atoms. The number of ether oxygens (including phenoxy) is 1. The summed E-state index contributed by atoms with van der Waals surface area (Å²) in [5, 5.41) is 11.9. The minimum Gasteiger partial charge on any atom is -0.483 e. The molecule has 1 aliphatic heterocycles. The molecule has 0 unspecified atom stereocenters. The van der Waals surface area contributed by atoms with Crippen LogP contribution in [-0.2, 0) is 4.79 Å². The maximum absolute atomic E-state index is 13.3. The molecule has 4 aromatic heterocycles. The van der Waals surface area contributed by atoms with Crippen molar-refractivity contribution in [2.24, 2.45) is 11.8 Å². The first-order valence-electron chi connectivity index (χ1n) is 12.1. The minimum absolute atomic E-state index is 0.0502. The van der Waals surface area contributed by atoms with Gasteiger partial charge in [-0.2, -0.15) is 18.4 Å². The Kier molecular flexibility index (Phi) is 6.10. The Labute approximate surface area is 222 Å². The molecule has 200 valence electrons. The lowest BCUT2D eigenvalue weighted by molar-refractivity contribution is -0.153. The van der Waals surface area contributed by atoms with Gasteiger partial charge in [0, 0.05) is 25.5 Å². The van der Waals surface area contributed by atoms with Crippen LogP contribution in [0.2, 0.25) is 0 Å². The average Bonchev–Trinajstić information content (AvgIpc) is 3.47.